The molecular weight excluding hydrogens is 166 g/mol. The van der Waals surface area contributed by atoms with E-state index in [1.807, 2.05) is 0 Å². The molecule has 2 aliphatic rings. The highest BCUT2D eigenvalue weighted by molar-refractivity contribution is 5.59. The molecule has 4 unspecified atom stereocenters. The van der Waals surface area contributed by atoms with Gasteiger partial charge >= 0.3 is 0 Å². The molecule has 1 aliphatic carbocycles. The normalized spacial score (nSPS) is 44.4. The van der Waals surface area contributed by atoms with E-state index in [1.165, 1.54) is 19.3 Å². The third-order valence-corrected chi connectivity index (χ3v) is 3.60. The molecule has 4 atom stereocenters. The zero-order chi connectivity index (χ0) is 9.26. The first-order valence-corrected chi connectivity index (χ1v) is 5.19. The first-order valence-electron chi connectivity index (χ1n) is 5.19. The van der Waals surface area contributed by atoms with Gasteiger partial charge in [0.1, 0.15) is 6.29 Å². The fourth-order valence-electron chi connectivity index (χ4n) is 2.96. The number of nitrogens with one attached hydrogen (secondary N) is 1. The highest BCUT2D eigenvalue weighted by Gasteiger charge is 2.42. The van der Waals surface area contributed by atoms with Crippen LogP contribution >= 0.6 is 0 Å². The van der Waals surface area contributed by atoms with E-state index in [0.29, 0.717) is 11.8 Å². The molecule has 0 aromatic heterocycles. The van der Waals surface area contributed by atoms with E-state index >= 15 is 0 Å². The number of aliphatic hydroxyl groups excluding tert-OH is 1. The zero-order valence-corrected chi connectivity index (χ0v) is 7.78. The van der Waals surface area contributed by atoms with Gasteiger partial charge in [0.2, 0.25) is 0 Å². The van der Waals surface area contributed by atoms with Gasteiger partial charge in [-0.05, 0) is 24.7 Å². The maximum Gasteiger partial charge on any atom is 0.137 e. The third kappa shape index (κ3) is 1.51. The molecule has 0 spiro atoms. The van der Waals surface area contributed by atoms with Crippen molar-refractivity contribution in [2.24, 2.45) is 11.8 Å². The van der Waals surface area contributed by atoms with Gasteiger partial charge in [-0.3, -0.25) is 0 Å². The fraction of sp³-hybridized carbons (Fsp3) is 0.900. The lowest BCUT2D eigenvalue weighted by molar-refractivity contribution is -0.110. The van der Waals surface area contributed by atoms with Gasteiger partial charge in [-0.1, -0.05) is 12.8 Å². The van der Waals surface area contributed by atoms with Crippen molar-refractivity contribution in [1.82, 2.24) is 5.32 Å². The molecule has 2 N–H and O–H groups in total. The summed E-state index contributed by atoms with van der Waals surface area (Å²) in [6.45, 7) is 0.172. The van der Waals surface area contributed by atoms with Crippen molar-refractivity contribution in [3.8, 4) is 0 Å². The van der Waals surface area contributed by atoms with E-state index in [9.17, 15) is 4.79 Å². The summed E-state index contributed by atoms with van der Waals surface area (Å²) < 4.78 is 0. The quantitative estimate of drug-likeness (QED) is 0.606. The van der Waals surface area contributed by atoms with Crippen LogP contribution in [-0.4, -0.2) is 30.1 Å². The van der Waals surface area contributed by atoms with Crippen LogP contribution in [0.4, 0.5) is 0 Å². The third-order valence-electron chi connectivity index (χ3n) is 3.60. The topological polar surface area (TPSA) is 49.3 Å². The van der Waals surface area contributed by atoms with Crippen molar-refractivity contribution in [3.63, 3.8) is 0 Å². The van der Waals surface area contributed by atoms with E-state index < -0.39 is 0 Å². The van der Waals surface area contributed by atoms with Crippen LogP contribution in [0.5, 0.6) is 0 Å². The van der Waals surface area contributed by atoms with Crippen LogP contribution in [-0.2, 0) is 4.79 Å². The lowest BCUT2D eigenvalue weighted by Crippen LogP contribution is -2.35. The first kappa shape index (κ1) is 9.16. The first-order chi connectivity index (χ1) is 6.36. The number of carbonyl (C=O) groups excluding carboxylic acids is 1. The molecule has 2 fully saturated rings. The minimum absolute atomic E-state index is 0.00227. The molecule has 3 heteroatoms. The maximum atomic E-state index is 10.8. The molecule has 74 valence electrons. The van der Waals surface area contributed by atoms with E-state index in [-0.39, 0.29) is 18.7 Å². The van der Waals surface area contributed by atoms with Crippen molar-refractivity contribution in [2.75, 3.05) is 6.61 Å². The van der Waals surface area contributed by atoms with Gasteiger partial charge < -0.3 is 15.2 Å². The summed E-state index contributed by atoms with van der Waals surface area (Å²) in [7, 11) is 0. The molecule has 0 amide bonds. The summed E-state index contributed by atoms with van der Waals surface area (Å²) in [6.07, 6.45) is 5.83. The molecule has 1 saturated carbocycles. The van der Waals surface area contributed by atoms with Crippen molar-refractivity contribution >= 4 is 6.29 Å². The van der Waals surface area contributed by atoms with Crippen LogP contribution in [0.3, 0.4) is 0 Å². The van der Waals surface area contributed by atoms with Gasteiger partial charge in [0.15, 0.2) is 0 Å². The minimum Gasteiger partial charge on any atom is -0.395 e. The number of hydrogen-bond donors (Lipinski definition) is 2. The number of carbonyl (C=O) groups is 1. The Morgan fingerprint density at radius 2 is 2.00 bits per heavy atom. The Bertz CT molecular complexity index is 195. The van der Waals surface area contributed by atoms with E-state index in [1.54, 1.807) is 0 Å². The van der Waals surface area contributed by atoms with Gasteiger partial charge in [-0.2, -0.15) is 0 Å². The molecule has 0 aromatic rings. The van der Waals surface area contributed by atoms with Gasteiger partial charge in [0.25, 0.3) is 0 Å². The Kier molecular flexibility index (Phi) is 2.65. The highest BCUT2D eigenvalue weighted by Crippen LogP contribution is 2.38. The average molecular weight is 183 g/mol. The smallest absolute Gasteiger partial charge is 0.137 e. The molecular formula is C10H17NO2. The second-order valence-electron chi connectivity index (χ2n) is 4.23. The van der Waals surface area contributed by atoms with Crippen LogP contribution in [0.15, 0.2) is 0 Å². The predicted molar refractivity (Wildman–Crippen MR) is 49.3 cm³/mol. The molecule has 2 rings (SSSR count). The zero-order valence-electron chi connectivity index (χ0n) is 7.78. The average Bonchev–Trinajstić information content (AvgIpc) is 2.56. The van der Waals surface area contributed by atoms with Crippen molar-refractivity contribution in [3.05, 3.63) is 0 Å². The monoisotopic (exact) mass is 183 g/mol. The van der Waals surface area contributed by atoms with E-state index in [2.05, 4.69) is 5.32 Å². The van der Waals surface area contributed by atoms with Crippen LogP contribution in [0.1, 0.15) is 25.7 Å². The molecule has 0 bridgehead atoms. The highest BCUT2D eigenvalue weighted by atomic mass is 16.3. The van der Waals surface area contributed by atoms with E-state index in [4.69, 9.17) is 5.11 Å². The number of hydrogen-bond acceptors (Lipinski definition) is 3. The van der Waals surface area contributed by atoms with Crippen molar-refractivity contribution in [2.45, 2.75) is 37.8 Å². The van der Waals surface area contributed by atoms with Gasteiger partial charge in [-0.25, -0.2) is 0 Å². The van der Waals surface area contributed by atoms with Crippen LogP contribution in [0, 0.1) is 11.8 Å². The standard InChI is InChI=1S/C10H17NO2/c12-5-9-7-3-1-2-4-8(7)10(6-13)11-9/h5,7-11,13H,1-4,6H2. The number of rotatable bonds is 2. The lowest BCUT2D eigenvalue weighted by atomic mass is 9.76. The molecule has 1 aliphatic heterocycles. The predicted octanol–water partition coefficient (Wildman–Crippen LogP) is 0.324. The summed E-state index contributed by atoms with van der Waals surface area (Å²) in [6, 6.07) is 0.169. The summed E-state index contributed by atoms with van der Waals surface area (Å²) in [5.74, 6) is 1.03. The summed E-state index contributed by atoms with van der Waals surface area (Å²) >= 11 is 0. The minimum atomic E-state index is 0.00227. The van der Waals surface area contributed by atoms with Gasteiger partial charge in [-0.15, -0.1) is 0 Å². The molecule has 0 radical (unpaired) electrons. The largest absolute Gasteiger partial charge is 0.395 e. The number of aliphatic hydroxyl groups is 1. The van der Waals surface area contributed by atoms with Crippen LogP contribution in [0.2, 0.25) is 0 Å². The second kappa shape index (κ2) is 3.76. The van der Waals surface area contributed by atoms with Crippen molar-refractivity contribution in [1.29, 1.82) is 0 Å². The summed E-state index contributed by atoms with van der Waals surface area (Å²) in [5.41, 5.74) is 0. The number of fused-ring (bicyclic) bond motifs is 1. The maximum absolute atomic E-state index is 10.8. The van der Waals surface area contributed by atoms with Crippen LogP contribution in [0.25, 0.3) is 0 Å². The fourth-order valence-corrected chi connectivity index (χ4v) is 2.96. The summed E-state index contributed by atoms with van der Waals surface area (Å²) in [4.78, 5) is 10.8. The Morgan fingerprint density at radius 1 is 1.31 bits per heavy atom. The lowest BCUT2D eigenvalue weighted by Gasteiger charge is -2.28. The SMILES string of the molecule is O=CC1NC(CO)C2CCCCC12. The molecule has 1 saturated heterocycles. The van der Waals surface area contributed by atoms with Crippen molar-refractivity contribution < 1.29 is 9.90 Å². The Balaban J connectivity index is 2.09. The van der Waals surface area contributed by atoms with E-state index in [0.717, 1.165) is 12.7 Å². The molecule has 3 nitrogen and oxygen atoms in total. The van der Waals surface area contributed by atoms with Crippen LogP contribution < -0.4 is 5.32 Å². The van der Waals surface area contributed by atoms with Gasteiger partial charge in [0.05, 0.1) is 12.6 Å². The Hall–Kier alpha value is -0.410. The second-order valence-corrected chi connectivity index (χ2v) is 4.23. The number of aldehydes is 1. The molecule has 13 heavy (non-hydrogen) atoms. The Labute approximate surface area is 78.5 Å². The molecule has 1 heterocycles. The molecule has 0 aromatic carbocycles. The summed E-state index contributed by atoms with van der Waals surface area (Å²) in [5, 5.41) is 12.4. The Morgan fingerprint density at radius 3 is 2.62 bits per heavy atom. The van der Waals surface area contributed by atoms with Gasteiger partial charge in [0, 0.05) is 6.04 Å².